The van der Waals surface area contributed by atoms with E-state index in [0.29, 0.717) is 16.5 Å². The zero-order chi connectivity index (χ0) is 34.6. The number of carbonyl (C=O) groups excluding carboxylic acids is 6. The fourth-order valence-corrected chi connectivity index (χ4v) is 4.95. The lowest BCUT2D eigenvalue weighted by atomic mass is 9.64. The van der Waals surface area contributed by atoms with Crippen LogP contribution in [-0.2, 0) is 35.1 Å². The lowest BCUT2D eigenvalue weighted by Crippen LogP contribution is -2.58. The van der Waals surface area contributed by atoms with Crippen molar-refractivity contribution in [3.8, 4) is 11.5 Å². The first kappa shape index (κ1) is 34.8. The highest BCUT2D eigenvalue weighted by atomic mass is 19.1. The molecule has 0 radical (unpaired) electrons. The van der Waals surface area contributed by atoms with Crippen LogP contribution < -0.4 is 9.97 Å². The molecule has 0 aliphatic carbocycles. The number of pyridine rings is 1. The van der Waals surface area contributed by atoms with Crippen LogP contribution in [0.2, 0.25) is 5.82 Å². The summed E-state index contributed by atoms with van der Waals surface area (Å²) in [5, 5.41) is 22.8. The van der Waals surface area contributed by atoms with Crippen LogP contribution >= 0.6 is 0 Å². The lowest BCUT2D eigenvalue weighted by Gasteiger charge is -2.33. The molecule has 1 saturated heterocycles. The van der Waals surface area contributed by atoms with Gasteiger partial charge in [0.25, 0.3) is 0 Å². The predicted octanol–water partition coefficient (Wildman–Crippen LogP) is 1.52. The number of ketones is 1. The summed E-state index contributed by atoms with van der Waals surface area (Å²) in [6, 6.07) is 2.24. The van der Waals surface area contributed by atoms with E-state index in [1.165, 1.54) is 17.0 Å². The van der Waals surface area contributed by atoms with E-state index in [1.807, 2.05) is 0 Å². The van der Waals surface area contributed by atoms with E-state index in [2.05, 4.69) is 10.3 Å². The fourth-order valence-electron chi connectivity index (χ4n) is 4.95. The van der Waals surface area contributed by atoms with Crippen LogP contribution in [0.1, 0.15) is 61.8 Å². The molecule has 3 heterocycles. The van der Waals surface area contributed by atoms with Crippen molar-refractivity contribution in [3.63, 3.8) is 0 Å². The number of fused-ring (bicyclic) bond motifs is 1. The Kier molecular flexibility index (Phi) is 10.5. The molecule has 2 atom stereocenters. The first-order valence-electron chi connectivity index (χ1n) is 14.7. The molecule has 1 aromatic heterocycles. The highest BCUT2D eigenvalue weighted by Crippen LogP contribution is 2.37. The van der Waals surface area contributed by atoms with Crippen molar-refractivity contribution < 1.29 is 57.4 Å². The van der Waals surface area contributed by atoms with Gasteiger partial charge in [-0.15, -0.1) is 0 Å². The van der Waals surface area contributed by atoms with E-state index in [4.69, 9.17) is 14.1 Å². The molecular formula is C30H34BFN4O11. The number of nitrogens with zero attached hydrogens (tertiary/aromatic N) is 3. The first-order chi connectivity index (χ1) is 22.1. The Morgan fingerprint density at radius 1 is 1.17 bits per heavy atom. The number of hydrogen-bond acceptors (Lipinski definition) is 12. The number of aromatic nitrogens is 1. The average Bonchev–Trinajstić information content (AvgIpc) is 3.00. The van der Waals surface area contributed by atoms with Gasteiger partial charge in [-0.2, -0.15) is 0 Å². The number of piperazine rings is 1. The van der Waals surface area contributed by atoms with Gasteiger partial charge in [0.05, 0.1) is 11.6 Å². The van der Waals surface area contributed by atoms with Crippen LogP contribution in [0.3, 0.4) is 0 Å². The average molecular weight is 656 g/mol. The SMILES string of the molecule is CCN1CCN(C(=O)NC(C(=O)C[C@H]2Cc3cccc(C(=O)OCOC(=O)C(C)(C)C)c3OB2O)c2ncc(O)cc2F)C(=O)C1=O. The van der Waals surface area contributed by atoms with Crippen LogP contribution in [0.25, 0.3) is 0 Å². The van der Waals surface area contributed by atoms with Gasteiger partial charge in [-0.3, -0.25) is 29.1 Å². The third-order valence-electron chi connectivity index (χ3n) is 7.55. The number of esters is 2. The topological polar surface area (TPSA) is 202 Å². The Morgan fingerprint density at radius 3 is 2.55 bits per heavy atom. The number of ether oxygens (including phenoxy) is 2. The summed E-state index contributed by atoms with van der Waals surface area (Å²) in [6.45, 7) is 6.03. The summed E-state index contributed by atoms with van der Waals surface area (Å²) < 4.78 is 30.6. The van der Waals surface area contributed by atoms with Crippen molar-refractivity contribution in [3.05, 3.63) is 53.1 Å². The molecule has 2 aromatic rings. The smallest absolute Gasteiger partial charge is 0.526 e. The molecule has 4 rings (SSSR count). The van der Waals surface area contributed by atoms with Gasteiger partial charge in [-0.05, 0) is 45.7 Å². The van der Waals surface area contributed by atoms with Gasteiger partial charge in [0, 0.05) is 37.9 Å². The number of urea groups is 1. The third-order valence-corrected chi connectivity index (χ3v) is 7.55. The van der Waals surface area contributed by atoms with Gasteiger partial charge in [0.1, 0.15) is 28.8 Å². The molecule has 2 aliphatic heterocycles. The number of imide groups is 1. The largest absolute Gasteiger partial charge is 0.535 e. The first-order valence-corrected chi connectivity index (χ1v) is 14.7. The van der Waals surface area contributed by atoms with E-state index in [-0.39, 0.29) is 37.4 Å². The van der Waals surface area contributed by atoms with Crippen molar-refractivity contribution >= 4 is 42.7 Å². The molecule has 250 valence electrons. The van der Waals surface area contributed by atoms with Crippen molar-refractivity contribution in [2.24, 2.45) is 5.41 Å². The molecule has 47 heavy (non-hydrogen) atoms. The Morgan fingerprint density at radius 2 is 1.89 bits per heavy atom. The normalized spacial score (nSPS) is 17.0. The number of nitrogens with one attached hydrogen (secondary N) is 1. The number of aromatic hydroxyl groups is 1. The van der Waals surface area contributed by atoms with E-state index in [1.54, 1.807) is 33.8 Å². The maximum atomic E-state index is 14.9. The maximum absolute atomic E-state index is 14.9. The second-order valence-electron chi connectivity index (χ2n) is 12.0. The molecule has 2 aliphatic rings. The van der Waals surface area contributed by atoms with Crippen LogP contribution in [-0.4, -0.2) is 94.0 Å². The number of amides is 4. The van der Waals surface area contributed by atoms with Gasteiger partial charge < -0.3 is 34.5 Å². The van der Waals surface area contributed by atoms with Gasteiger partial charge in [0.15, 0.2) is 11.6 Å². The van der Waals surface area contributed by atoms with Crippen molar-refractivity contribution in [1.82, 2.24) is 20.1 Å². The molecule has 1 aromatic carbocycles. The summed E-state index contributed by atoms with van der Waals surface area (Å²) in [6.07, 6.45) is 0.362. The predicted molar refractivity (Wildman–Crippen MR) is 159 cm³/mol. The zero-order valence-corrected chi connectivity index (χ0v) is 26.1. The minimum Gasteiger partial charge on any atom is -0.535 e. The van der Waals surface area contributed by atoms with Crippen molar-refractivity contribution in [2.45, 2.75) is 52.4 Å². The number of hydrogen-bond donors (Lipinski definition) is 3. The van der Waals surface area contributed by atoms with Crippen LogP contribution in [0, 0.1) is 11.2 Å². The number of benzene rings is 1. The molecule has 1 fully saturated rings. The number of likely N-dealkylation sites (N-methyl/N-ethyl adjacent to an activating group) is 1. The van der Waals surface area contributed by atoms with Gasteiger partial charge in [-0.25, -0.2) is 14.0 Å². The van der Waals surface area contributed by atoms with Crippen LogP contribution in [0.4, 0.5) is 9.18 Å². The fraction of sp³-hybridized carbons (Fsp3) is 0.433. The van der Waals surface area contributed by atoms with Gasteiger partial charge >= 0.3 is 36.9 Å². The van der Waals surface area contributed by atoms with E-state index in [9.17, 15) is 43.3 Å². The summed E-state index contributed by atoms with van der Waals surface area (Å²) in [5.74, 6) is -7.01. The third kappa shape index (κ3) is 7.85. The number of halogens is 1. The molecule has 4 amide bonds. The summed E-state index contributed by atoms with van der Waals surface area (Å²) in [5.41, 5.74) is -1.04. The van der Waals surface area contributed by atoms with Gasteiger partial charge in [-0.1, -0.05) is 12.1 Å². The Balaban J connectivity index is 1.51. The molecule has 0 saturated carbocycles. The number of para-hydroxylation sites is 1. The van der Waals surface area contributed by atoms with E-state index in [0.717, 1.165) is 6.20 Å². The Bertz CT molecular complexity index is 1600. The molecule has 15 nitrogen and oxygen atoms in total. The Labute approximate surface area is 269 Å². The molecule has 3 N–H and O–H groups in total. The Hall–Kier alpha value is -5.06. The minimum absolute atomic E-state index is 0.000486. The monoisotopic (exact) mass is 656 g/mol. The molecule has 0 spiro atoms. The second-order valence-corrected chi connectivity index (χ2v) is 12.0. The summed E-state index contributed by atoms with van der Waals surface area (Å²) in [4.78, 5) is 82.0. The molecular weight excluding hydrogens is 622 g/mol. The highest BCUT2D eigenvalue weighted by Gasteiger charge is 2.42. The van der Waals surface area contributed by atoms with Gasteiger partial charge in [0.2, 0.25) is 6.79 Å². The second kappa shape index (κ2) is 14.2. The lowest BCUT2D eigenvalue weighted by molar-refractivity contribution is -0.161. The van der Waals surface area contributed by atoms with Crippen LogP contribution in [0.15, 0.2) is 30.5 Å². The molecule has 1 unspecified atom stereocenters. The summed E-state index contributed by atoms with van der Waals surface area (Å²) in [7, 11) is -1.64. The standard InChI is InChI=1S/C30H34BFN4O11/c1-5-35-9-10-36(26(40)25(35)39)29(43)34-23(22-20(32)13-18(37)14-33-22)21(38)12-17-11-16-7-6-8-19(24(16)47-31(17)44)27(41)45-15-46-28(42)30(2,3)4/h6-8,13-14,17,23,37,44H,5,9-12,15H2,1-4H3,(H,34,43)/t17-,23?/m1/s1. The minimum atomic E-state index is -1.79. The quantitative estimate of drug-likeness (QED) is 0.152. The number of Topliss-reactive ketones (excluding diaryl/α,β-unsaturated/α-hetero) is 1. The number of carbonyl (C=O) groups is 6. The number of rotatable bonds is 9. The van der Waals surface area contributed by atoms with E-state index >= 15 is 0 Å². The van der Waals surface area contributed by atoms with Crippen LogP contribution in [0.5, 0.6) is 11.5 Å². The zero-order valence-electron chi connectivity index (χ0n) is 26.1. The van der Waals surface area contributed by atoms with Crippen molar-refractivity contribution in [2.75, 3.05) is 26.4 Å². The van der Waals surface area contributed by atoms with E-state index < -0.39 is 90.4 Å². The maximum Gasteiger partial charge on any atom is 0.526 e. The summed E-state index contributed by atoms with van der Waals surface area (Å²) >= 11 is 0. The highest BCUT2D eigenvalue weighted by molar-refractivity contribution is 6.47. The molecule has 17 heteroatoms. The van der Waals surface area contributed by atoms with Crippen molar-refractivity contribution in [1.29, 1.82) is 0 Å². The molecule has 0 bridgehead atoms.